The largest absolute Gasteiger partial charge is 0.489 e. The van der Waals surface area contributed by atoms with Crippen LogP contribution in [0.3, 0.4) is 0 Å². The molecule has 2 rings (SSSR count). The molecule has 2 atom stereocenters. The van der Waals surface area contributed by atoms with Gasteiger partial charge in [-0.05, 0) is 75.1 Å². The van der Waals surface area contributed by atoms with E-state index in [1.807, 2.05) is 26.0 Å². The summed E-state index contributed by atoms with van der Waals surface area (Å²) < 4.78 is 16.4. The summed E-state index contributed by atoms with van der Waals surface area (Å²) in [4.78, 5) is 23.4. The first-order valence-electron chi connectivity index (χ1n) is 10.8. The number of carbonyl (C=O) groups is 2. The zero-order chi connectivity index (χ0) is 21.1. The first-order valence-corrected chi connectivity index (χ1v) is 10.8. The third-order valence-corrected chi connectivity index (χ3v) is 5.11. The standard InChI is InChI=1S/C24H34O5/c1-4-8-23(25)29-22-10-7-6-9-20(22)16-19-11-13-21(14-12-19)28-17-18(3)15-24(26)27-5-2/h11-15,20,22H,4-10,16-17H2,1-3H3/b18-15-/t20-,22-/m0/s1. The fraction of sp³-hybridized carbons (Fsp3) is 0.583. The number of carbonyl (C=O) groups excluding carboxylic acids is 2. The molecule has 0 unspecified atom stereocenters. The quantitative estimate of drug-likeness (QED) is 0.406. The van der Waals surface area contributed by atoms with Gasteiger partial charge in [-0.25, -0.2) is 4.79 Å². The van der Waals surface area contributed by atoms with E-state index in [1.54, 1.807) is 6.92 Å². The molecule has 0 spiro atoms. The first kappa shape index (κ1) is 23.0. The molecule has 1 fully saturated rings. The third kappa shape index (κ3) is 8.30. The van der Waals surface area contributed by atoms with Crippen LogP contribution in [0.2, 0.25) is 0 Å². The maximum Gasteiger partial charge on any atom is 0.330 e. The molecule has 0 amide bonds. The van der Waals surface area contributed by atoms with Crippen molar-refractivity contribution in [3.05, 3.63) is 41.5 Å². The number of esters is 2. The lowest BCUT2D eigenvalue weighted by atomic mass is 9.82. The summed E-state index contributed by atoms with van der Waals surface area (Å²) >= 11 is 0. The summed E-state index contributed by atoms with van der Waals surface area (Å²) in [5, 5.41) is 0. The number of hydrogen-bond acceptors (Lipinski definition) is 5. The summed E-state index contributed by atoms with van der Waals surface area (Å²) in [5.74, 6) is 0.732. The molecule has 0 bridgehead atoms. The molecule has 5 heteroatoms. The van der Waals surface area contributed by atoms with Crippen LogP contribution in [0.15, 0.2) is 35.9 Å². The molecule has 1 saturated carbocycles. The molecule has 0 N–H and O–H groups in total. The highest BCUT2D eigenvalue weighted by atomic mass is 16.5. The van der Waals surface area contributed by atoms with E-state index >= 15 is 0 Å². The maximum absolute atomic E-state index is 11.9. The van der Waals surface area contributed by atoms with Gasteiger partial charge in [-0.2, -0.15) is 0 Å². The molecule has 0 aliphatic heterocycles. The van der Waals surface area contributed by atoms with Gasteiger partial charge in [0.15, 0.2) is 0 Å². The van der Waals surface area contributed by atoms with Gasteiger partial charge in [0.05, 0.1) is 6.61 Å². The Hall–Kier alpha value is -2.30. The second kappa shape index (κ2) is 12.3. The van der Waals surface area contributed by atoms with Crippen LogP contribution in [-0.2, 0) is 25.5 Å². The highest BCUT2D eigenvalue weighted by molar-refractivity contribution is 5.82. The van der Waals surface area contributed by atoms with Crippen LogP contribution in [0.1, 0.15) is 64.9 Å². The average molecular weight is 403 g/mol. The maximum atomic E-state index is 11.9. The van der Waals surface area contributed by atoms with E-state index in [0.29, 0.717) is 25.6 Å². The molecule has 0 aromatic heterocycles. The Labute approximate surface area is 174 Å². The summed E-state index contributed by atoms with van der Waals surface area (Å²) in [7, 11) is 0. The van der Waals surface area contributed by atoms with Crippen molar-refractivity contribution >= 4 is 11.9 Å². The van der Waals surface area contributed by atoms with Gasteiger partial charge in [0, 0.05) is 12.5 Å². The Kier molecular flexibility index (Phi) is 9.75. The van der Waals surface area contributed by atoms with E-state index in [4.69, 9.17) is 14.2 Å². The van der Waals surface area contributed by atoms with Crippen LogP contribution in [-0.4, -0.2) is 31.3 Å². The minimum absolute atomic E-state index is 0.0365. The van der Waals surface area contributed by atoms with Crippen molar-refractivity contribution in [1.29, 1.82) is 0 Å². The molecule has 160 valence electrons. The zero-order valence-electron chi connectivity index (χ0n) is 17.9. The zero-order valence-corrected chi connectivity index (χ0v) is 17.9. The van der Waals surface area contributed by atoms with E-state index in [-0.39, 0.29) is 18.0 Å². The summed E-state index contributed by atoms with van der Waals surface area (Å²) in [6.45, 7) is 6.33. The molecular formula is C24H34O5. The van der Waals surface area contributed by atoms with Crippen LogP contribution < -0.4 is 4.74 Å². The molecular weight excluding hydrogens is 368 g/mol. The van der Waals surface area contributed by atoms with Crippen molar-refractivity contribution in [3.8, 4) is 5.75 Å². The van der Waals surface area contributed by atoms with Gasteiger partial charge >= 0.3 is 11.9 Å². The fourth-order valence-electron chi connectivity index (χ4n) is 3.64. The molecule has 5 nitrogen and oxygen atoms in total. The Morgan fingerprint density at radius 2 is 1.83 bits per heavy atom. The molecule has 0 radical (unpaired) electrons. The van der Waals surface area contributed by atoms with Crippen LogP contribution in [0, 0.1) is 5.92 Å². The summed E-state index contributed by atoms with van der Waals surface area (Å²) in [5.41, 5.74) is 2.03. The molecule has 1 aromatic rings. The topological polar surface area (TPSA) is 61.8 Å². The van der Waals surface area contributed by atoms with Gasteiger partial charge in [-0.15, -0.1) is 0 Å². The monoisotopic (exact) mass is 402 g/mol. The number of rotatable bonds is 10. The normalized spacial score (nSPS) is 19.5. The van der Waals surface area contributed by atoms with Crippen molar-refractivity contribution in [3.63, 3.8) is 0 Å². The second-order valence-corrected chi connectivity index (χ2v) is 7.70. The van der Waals surface area contributed by atoms with Crippen LogP contribution >= 0.6 is 0 Å². The minimum atomic E-state index is -0.342. The SMILES string of the molecule is CCCC(=O)O[C@H]1CCCC[C@H]1Cc1ccc(OC/C(C)=C\C(=O)OCC)cc1. The summed E-state index contributed by atoms with van der Waals surface area (Å²) in [6, 6.07) is 8.04. The van der Waals surface area contributed by atoms with Crippen LogP contribution in [0.4, 0.5) is 0 Å². The van der Waals surface area contributed by atoms with Gasteiger partial charge in [0.25, 0.3) is 0 Å². The van der Waals surface area contributed by atoms with Gasteiger partial charge in [0.1, 0.15) is 18.5 Å². The van der Waals surface area contributed by atoms with Crippen LogP contribution in [0.25, 0.3) is 0 Å². The number of benzene rings is 1. The van der Waals surface area contributed by atoms with E-state index in [0.717, 1.165) is 43.4 Å². The highest BCUT2D eigenvalue weighted by Gasteiger charge is 2.28. The summed E-state index contributed by atoms with van der Waals surface area (Å²) in [6.07, 6.45) is 8.12. The molecule has 0 heterocycles. The molecule has 0 saturated heterocycles. The van der Waals surface area contributed by atoms with E-state index in [2.05, 4.69) is 12.1 Å². The first-order chi connectivity index (χ1) is 14.0. The molecule has 1 aliphatic rings. The molecule has 1 aromatic carbocycles. The Bertz CT molecular complexity index is 677. The van der Waals surface area contributed by atoms with Crippen molar-refractivity contribution in [2.75, 3.05) is 13.2 Å². The number of ether oxygens (including phenoxy) is 3. The average Bonchev–Trinajstić information content (AvgIpc) is 2.69. The lowest BCUT2D eigenvalue weighted by molar-refractivity contribution is -0.153. The van der Waals surface area contributed by atoms with Gasteiger partial charge < -0.3 is 14.2 Å². The predicted molar refractivity (Wildman–Crippen MR) is 113 cm³/mol. The number of hydrogen-bond donors (Lipinski definition) is 0. The molecule has 29 heavy (non-hydrogen) atoms. The predicted octanol–water partition coefficient (Wildman–Crippen LogP) is 5.02. The second-order valence-electron chi connectivity index (χ2n) is 7.70. The minimum Gasteiger partial charge on any atom is -0.489 e. The lowest BCUT2D eigenvalue weighted by Crippen LogP contribution is -2.31. The van der Waals surface area contributed by atoms with Gasteiger partial charge in [-0.3, -0.25) is 4.79 Å². The van der Waals surface area contributed by atoms with Gasteiger partial charge in [-0.1, -0.05) is 25.5 Å². The van der Waals surface area contributed by atoms with Crippen molar-refractivity contribution in [1.82, 2.24) is 0 Å². The van der Waals surface area contributed by atoms with Crippen molar-refractivity contribution in [2.45, 2.75) is 71.8 Å². The van der Waals surface area contributed by atoms with E-state index in [9.17, 15) is 9.59 Å². The Balaban J connectivity index is 1.87. The highest BCUT2D eigenvalue weighted by Crippen LogP contribution is 2.30. The molecule has 1 aliphatic carbocycles. The Morgan fingerprint density at radius 3 is 2.52 bits per heavy atom. The van der Waals surface area contributed by atoms with E-state index < -0.39 is 0 Å². The lowest BCUT2D eigenvalue weighted by Gasteiger charge is -2.31. The third-order valence-electron chi connectivity index (χ3n) is 5.11. The smallest absolute Gasteiger partial charge is 0.330 e. The van der Waals surface area contributed by atoms with Crippen molar-refractivity contribution < 1.29 is 23.8 Å². The van der Waals surface area contributed by atoms with E-state index in [1.165, 1.54) is 18.1 Å². The fourth-order valence-corrected chi connectivity index (χ4v) is 3.64. The Morgan fingerprint density at radius 1 is 1.10 bits per heavy atom. The van der Waals surface area contributed by atoms with Crippen molar-refractivity contribution in [2.24, 2.45) is 5.92 Å². The van der Waals surface area contributed by atoms with Gasteiger partial charge in [0.2, 0.25) is 0 Å². The van der Waals surface area contributed by atoms with Crippen LogP contribution in [0.5, 0.6) is 5.75 Å².